The lowest BCUT2D eigenvalue weighted by molar-refractivity contribution is 0.0906. The van der Waals surface area contributed by atoms with E-state index in [0.717, 1.165) is 6.26 Å². The molecule has 1 amide bonds. The Morgan fingerprint density at radius 1 is 1.53 bits per heavy atom. The van der Waals surface area contributed by atoms with Crippen LogP contribution in [0.25, 0.3) is 0 Å². The van der Waals surface area contributed by atoms with E-state index in [9.17, 15) is 13.2 Å². The van der Waals surface area contributed by atoms with Crippen molar-refractivity contribution in [3.63, 3.8) is 0 Å². The molecule has 17 heavy (non-hydrogen) atoms. The summed E-state index contributed by atoms with van der Waals surface area (Å²) in [4.78, 5) is 10.8. The van der Waals surface area contributed by atoms with Crippen LogP contribution in [0.1, 0.15) is 11.7 Å². The summed E-state index contributed by atoms with van der Waals surface area (Å²) in [6.45, 7) is 0.144. The Bertz CT molecular complexity index is 566. The van der Waals surface area contributed by atoms with Crippen LogP contribution in [0.4, 0.5) is 4.79 Å². The van der Waals surface area contributed by atoms with E-state index in [0.29, 0.717) is 11.3 Å². The number of rotatable bonds is 2. The summed E-state index contributed by atoms with van der Waals surface area (Å²) in [7, 11) is -3.28. The fourth-order valence-corrected chi connectivity index (χ4v) is 2.27. The van der Waals surface area contributed by atoms with E-state index in [1.165, 1.54) is 12.1 Å². The summed E-state index contributed by atoms with van der Waals surface area (Å²) in [6, 6.07) is 4.42. The highest BCUT2D eigenvalue weighted by atomic mass is 32.2. The molecule has 2 rings (SSSR count). The zero-order valence-corrected chi connectivity index (χ0v) is 9.86. The van der Waals surface area contributed by atoms with Gasteiger partial charge >= 0.3 is 6.09 Å². The lowest BCUT2D eigenvalue weighted by Gasteiger charge is -2.08. The van der Waals surface area contributed by atoms with Crippen molar-refractivity contribution in [3.8, 4) is 5.75 Å². The summed E-state index contributed by atoms with van der Waals surface area (Å²) in [6.07, 6.45) is -0.351. The third-order valence-electron chi connectivity index (χ3n) is 2.41. The number of nitrogens with two attached hydrogens (primary N) is 1. The standard InChI is InChI=1S/C10H11NO5S/c1-17(13,14)6-2-3-7-8(4-6)15-5-9(7)16-10(11)12/h2-4,9H,5H2,1H3,(H2,11,12). The van der Waals surface area contributed by atoms with Crippen molar-refractivity contribution in [2.24, 2.45) is 5.73 Å². The van der Waals surface area contributed by atoms with Gasteiger partial charge in [-0.3, -0.25) is 0 Å². The first-order valence-corrected chi connectivity index (χ1v) is 6.70. The van der Waals surface area contributed by atoms with Gasteiger partial charge in [-0.2, -0.15) is 0 Å². The molecule has 0 bridgehead atoms. The van der Waals surface area contributed by atoms with E-state index in [1.54, 1.807) is 6.07 Å². The Labute approximate surface area is 98.2 Å². The Hall–Kier alpha value is -1.76. The fourth-order valence-electron chi connectivity index (χ4n) is 1.63. The van der Waals surface area contributed by atoms with Gasteiger partial charge in [0, 0.05) is 11.8 Å². The molecule has 1 aromatic rings. The minimum Gasteiger partial charge on any atom is -0.489 e. The number of ether oxygens (including phenoxy) is 2. The van der Waals surface area contributed by atoms with Gasteiger partial charge in [-0.1, -0.05) is 6.07 Å². The molecule has 0 aromatic heterocycles. The average molecular weight is 257 g/mol. The summed E-state index contributed by atoms with van der Waals surface area (Å²) < 4.78 is 32.7. The van der Waals surface area contributed by atoms with Crippen molar-refractivity contribution in [2.75, 3.05) is 12.9 Å². The number of hydrogen-bond donors (Lipinski definition) is 1. The molecule has 0 saturated heterocycles. The molecule has 1 atom stereocenters. The van der Waals surface area contributed by atoms with E-state index in [1.807, 2.05) is 0 Å². The minimum atomic E-state index is -3.28. The van der Waals surface area contributed by atoms with Crippen LogP contribution in [0.3, 0.4) is 0 Å². The lowest BCUT2D eigenvalue weighted by atomic mass is 10.1. The number of sulfone groups is 1. The average Bonchev–Trinajstić information content (AvgIpc) is 2.59. The van der Waals surface area contributed by atoms with Crippen molar-refractivity contribution in [3.05, 3.63) is 23.8 Å². The zero-order valence-electron chi connectivity index (χ0n) is 9.04. The van der Waals surface area contributed by atoms with Gasteiger partial charge in [0.15, 0.2) is 15.9 Å². The van der Waals surface area contributed by atoms with Crippen molar-refractivity contribution >= 4 is 15.9 Å². The first-order chi connectivity index (χ1) is 7.88. The van der Waals surface area contributed by atoms with Crippen LogP contribution in [0.5, 0.6) is 5.75 Å². The SMILES string of the molecule is CS(=O)(=O)c1ccc2c(c1)OCC2OC(N)=O. The van der Waals surface area contributed by atoms with E-state index >= 15 is 0 Å². The molecule has 1 aliphatic heterocycles. The molecule has 2 N–H and O–H groups in total. The summed E-state index contributed by atoms with van der Waals surface area (Å²) in [5.41, 5.74) is 5.54. The van der Waals surface area contributed by atoms with Gasteiger partial charge < -0.3 is 15.2 Å². The molecule has 1 unspecified atom stereocenters. The van der Waals surface area contributed by atoms with Gasteiger partial charge in [-0.25, -0.2) is 13.2 Å². The van der Waals surface area contributed by atoms with E-state index in [4.69, 9.17) is 15.2 Å². The summed E-state index contributed by atoms with van der Waals surface area (Å²) >= 11 is 0. The maximum atomic E-state index is 11.3. The number of primary amides is 1. The second-order valence-corrected chi connectivity index (χ2v) is 5.72. The molecule has 0 aliphatic carbocycles. The van der Waals surface area contributed by atoms with E-state index in [2.05, 4.69) is 0 Å². The molecule has 1 heterocycles. The largest absolute Gasteiger partial charge is 0.489 e. The smallest absolute Gasteiger partial charge is 0.405 e. The van der Waals surface area contributed by atoms with Gasteiger partial charge in [-0.15, -0.1) is 0 Å². The van der Waals surface area contributed by atoms with Gasteiger partial charge in [0.2, 0.25) is 0 Å². The number of benzene rings is 1. The Morgan fingerprint density at radius 2 is 2.24 bits per heavy atom. The van der Waals surface area contributed by atoms with Crippen molar-refractivity contribution in [1.29, 1.82) is 0 Å². The van der Waals surface area contributed by atoms with Crippen LogP contribution in [0, 0.1) is 0 Å². The van der Waals surface area contributed by atoms with Gasteiger partial charge in [0.1, 0.15) is 12.4 Å². The zero-order chi connectivity index (χ0) is 12.6. The molecule has 7 heteroatoms. The topological polar surface area (TPSA) is 95.7 Å². The normalized spacial score (nSPS) is 18.3. The van der Waals surface area contributed by atoms with Crippen LogP contribution in [-0.4, -0.2) is 27.4 Å². The van der Waals surface area contributed by atoms with Gasteiger partial charge in [0.05, 0.1) is 4.90 Å². The Balaban J connectivity index is 2.35. The Kier molecular flexibility index (Phi) is 2.70. The number of fused-ring (bicyclic) bond motifs is 1. The van der Waals surface area contributed by atoms with E-state index in [-0.39, 0.29) is 11.5 Å². The maximum Gasteiger partial charge on any atom is 0.405 e. The molecule has 0 radical (unpaired) electrons. The number of carbonyl (C=O) groups is 1. The van der Waals surface area contributed by atoms with Crippen LogP contribution >= 0.6 is 0 Å². The van der Waals surface area contributed by atoms with Crippen LogP contribution in [0.2, 0.25) is 0 Å². The Morgan fingerprint density at radius 3 is 2.82 bits per heavy atom. The lowest BCUT2D eigenvalue weighted by Crippen LogP contribution is -2.18. The maximum absolute atomic E-state index is 11.3. The van der Waals surface area contributed by atoms with Gasteiger partial charge in [0.25, 0.3) is 0 Å². The van der Waals surface area contributed by atoms with Crippen LogP contribution in [0.15, 0.2) is 23.1 Å². The van der Waals surface area contributed by atoms with Crippen molar-refractivity contribution in [1.82, 2.24) is 0 Å². The summed E-state index contributed by atoms with van der Waals surface area (Å²) in [5.74, 6) is 0.402. The third-order valence-corrected chi connectivity index (χ3v) is 3.52. The fraction of sp³-hybridized carbons (Fsp3) is 0.300. The predicted octanol–water partition coefficient (Wildman–Crippen LogP) is 0.619. The minimum absolute atomic E-state index is 0.144. The first kappa shape index (κ1) is 11.7. The second kappa shape index (κ2) is 3.92. The molecule has 1 aliphatic rings. The molecule has 1 aromatic carbocycles. The summed E-state index contributed by atoms with van der Waals surface area (Å²) in [5, 5.41) is 0. The quantitative estimate of drug-likeness (QED) is 0.837. The molecule has 6 nitrogen and oxygen atoms in total. The molecular weight excluding hydrogens is 246 g/mol. The number of amides is 1. The highest BCUT2D eigenvalue weighted by molar-refractivity contribution is 7.90. The molecular formula is C10H11NO5S. The second-order valence-electron chi connectivity index (χ2n) is 3.71. The molecule has 0 spiro atoms. The highest BCUT2D eigenvalue weighted by Gasteiger charge is 2.28. The molecule has 92 valence electrons. The first-order valence-electron chi connectivity index (χ1n) is 4.81. The monoisotopic (exact) mass is 257 g/mol. The van der Waals surface area contributed by atoms with Crippen LogP contribution in [-0.2, 0) is 14.6 Å². The van der Waals surface area contributed by atoms with Crippen molar-refractivity contribution < 1.29 is 22.7 Å². The predicted molar refractivity (Wildman–Crippen MR) is 58.5 cm³/mol. The third kappa shape index (κ3) is 2.33. The number of carbonyl (C=O) groups excluding carboxylic acids is 1. The van der Waals surface area contributed by atoms with Crippen molar-refractivity contribution in [2.45, 2.75) is 11.0 Å². The highest BCUT2D eigenvalue weighted by Crippen LogP contribution is 2.36. The number of hydrogen-bond acceptors (Lipinski definition) is 5. The van der Waals surface area contributed by atoms with Crippen LogP contribution < -0.4 is 10.5 Å². The molecule has 0 saturated carbocycles. The molecule has 0 fully saturated rings. The van der Waals surface area contributed by atoms with Gasteiger partial charge in [-0.05, 0) is 12.1 Å². The van der Waals surface area contributed by atoms with E-state index < -0.39 is 22.0 Å².